The average Bonchev–Trinajstić information content (AvgIpc) is 2.88. The van der Waals surface area contributed by atoms with Gasteiger partial charge in [0.2, 0.25) is 11.8 Å². The highest BCUT2D eigenvalue weighted by molar-refractivity contribution is 5.92. The molecule has 2 rings (SSSR count). The van der Waals surface area contributed by atoms with E-state index in [9.17, 15) is 19.5 Å². The van der Waals surface area contributed by atoms with Crippen molar-refractivity contribution in [3.63, 3.8) is 0 Å². The molecule has 2 fully saturated rings. The number of aliphatic carboxylic acids is 1. The molecule has 2 N–H and O–H groups in total. The largest absolute Gasteiger partial charge is 0.480 e. The number of carbonyl (C=O) groups is 3. The van der Waals surface area contributed by atoms with Crippen molar-refractivity contribution >= 4 is 17.8 Å². The predicted octanol–water partition coefficient (Wildman–Crippen LogP) is -0.0217. The Labute approximate surface area is 105 Å². The summed E-state index contributed by atoms with van der Waals surface area (Å²) < 4.78 is 0. The zero-order valence-electron chi connectivity index (χ0n) is 10.4. The number of rotatable bonds is 3. The van der Waals surface area contributed by atoms with Crippen LogP contribution >= 0.6 is 0 Å². The van der Waals surface area contributed by atoms with Crippen LogP contribution < -0.4 is 5.32 Å². The normalized spacial score (nSPS) is 26.4. The van der Waals surface area contributed by atoms with Crippen LogP contribution in [0.4, 0.5) is 0 Å². The van der Waals surface area contributed by atoms with E-state index >= 15 is 0 Å². The molecule has 0 aromatic heterocycles. The van der Waals surface area contributed by atoms with Crippen molar-refractivity contribution in [2.24, 2.45) is 5.92 Å². The number of hydrogen-bond donors (Lipinski definition) is 2. The van der Waals surface area contributed by atoms with Gasteiger partial charge in [-0.25, -0.2) is 4.79 Å². The molecule has 6 nitrogen and oxygen atoms in total. The van der Waals surface area contributed by atoms with E-state index in [1.54, 1.807) is 7.05 Å². The first-order valence-electron chi connectivity index (χ1n) is 6.24. The lowest BCUT2D eigenvalue weighted by molar-refractivity contribution is -0.148. The molecule has 1 saturated carbocycles. The number of carboxylic acids is 1. The van der Waals surface area contributed by atoms with Crippen LogP contribution in [0, 0.1) is 5.92 Å². The molecular formula is C12H18N2O4. The van der Waals surface area contributed by atoms with Crippen LogP contribution in [0.5, 0.6) is 0 Å². The van der Waals surface area contributed by atoms with Gasteiger partial charge in [-0.2, -0.15) is 0 Å². The van der Waals surface area contributed by atoms with Gasteiger partial charge in [0.25, 0.3) is 0 Å². The fourth-order valence-electron chi connectivity index (χ4n) is 2.75. The third-order valence-electron chi connectivity index (χ3n) is 3.94. The lowest BCUT2D eigenvalue weighted by Gasteiger charge is -2.26. The predicted molar refractivity (Wildman–Crippen MR) is 62.7 cm³/mol. The Bertz CT molecular complexity index is 388. The van der Waals surface area contributed by atoms with Crippen LogP contribution in [0.2, 0.25) is 0 Å². The van der Waals surface area contributed by atoms with Crippen LogP contribution in [0.25, 0.3) is 0 Å². The summed E-state index contributed by atoms with van der Waals surface area (Å²) in [4.78, 5) is 36.2. The summed E-state index contributed by atoms with van der Waals surface area (Å²) in [5.74, 6) is -1.76. The van der Waals surface area contributed by atoms with Gasteiger partial charge in [-0.3, -0.25) is 9.59 Å². The summed E-state index contributed by atoms with van der Waals surface area (Å²) in [6, 6.07) is 0. The molecule has 0 bridgehead atoms. The van der Waals surface area contributed by atoms with Crippen molar-refractivity contribution < 1.29 is 19.5 Å². The van der Waals surface area contributed by atoms with Crippen molar-refractivity contribution in [3.05, 3.63) is 0 Å². The Kier molecular flexibility index (Phi) is 3.28. The van der Waals surface area contributed by atoms with E-state index in [2.05, 4.69) is 5.32 Å². The van der Waals surface area contributed by atoms with E-state index < -0.39 is 17.4 Å². The van der Waals surface area contributed by atoms with Gasteiger partial charge in [-0.1, -0.05) is 12.8 Å². The Morgan fingerprint density at radius 3 is 2.44 bits per heavy atom. The molecule has 0 spiro atoms. The number of amides is 2. The van der Waals surface area contributed by atoms with Gasteiger partial charge in [-0.05, 0) is 12.8 Å². The van der Waals surface area contributed by atoms with Gasteiger partial charge in [0.15, 0.2) is 0 Å². The van der Waals surface area contributed by atoms with Gasteiger partial charge >= 0.3 is 5.97 Å². The Morgan fingerprint density at radius 1 is 1.39 bits per heavy atom. The minimum Gasteiger partial charge on any atom is -0.480 e. The van der Waals surface area contributed by atoms with Gasteiger partial charge in [0, 0.05) is 20.0 Å². The second-order valence-electron chi connectivity index (χ2n) is 5.26. The first-order valence-corrected chi connectivity index (χ1v) is 6.24. The fraction of sp³-hybridized carbons (Fsp3) is 0.750. The van der Waals surface area contributed by atoms with Crippen molar-refractivity contribution in [2.75, 3.05) is 13.6 Å². The lowest BCUT2D eigenvalue weighted by Crippen LogP contribution is -2.54. The number of likely N-dealkylation sites (tertiary alicyclic amines) is 1. The molecule has 2 amide bonds. The van der Waals surface area contributed by atoms with E-state index in [1.165, 1.54) is 4.90 Å². The van der Waals surface area contributed by atoms with Crippen LogP contribution in [0.15, 0.2) is 0 Å². The minimum absolute atomic E-state index is 0.0639. The molecule has 1 saturated heterocycles. The van der Waals surface area contributed by atoms with Crippen LogP contribution in [-0.4, -0.2) is 46.9 Å². The Morgan fingerprint density at radius 2 is 2.00 bits per heavy atom. The molecule has 0 aromatic rings. The number of carboxylic acid groups (broad SMARTS) is 1. The molecular weight excluding hydrogens is 236 g/mol. The maximum atomic E-state index is 12.0. The van der Waals surface area contributed by atoms with Crippen LogP contribution in [-0.2, 0) is 14.4 Å². The first-order chi connectivity index (χ1) is 8.44. The minimum atomic E-state index is -1.11. The summed E-state index contributed by atoms with van der Waals surface area (Å²) in [6.45, 7) is 0.375. The van der Waals surface area contributed by atoms with E-state index in [4.69, 9.17) is 0 Å². The van der Waals surface area contributed by atoms with Gasteiger partial charge in [0.1, 0.15) is 5.54 Å². The maximum absolute atomic E-state index is 12.0. The SMILES string of the molecule is CN1CC(C(=O)NC2(C(=O)O)CCCC2)CC1=O. The maximum Gasteiger partial charge on any atom is 0.329 e. The van der Waals surface area contributed by atoms with Crippen molar-refractivity contribution in [1.82, 2.24) is 10.2 Å². The molecule has 6 heteroatoms. The van der Waals surface area contributed by atoms with E-state index in [0.29, 0.717) is 19.4 Å². The fourth-order valence-corrected chi connectivity index (χ4v) is 2.75. The zero-order chi connectivity index (χ0) is 13.3. The summed E-state index contributed by atoms with van der Waals surface area (Å²) in [5, 5.41) is 11.9. The molecule has 1 heterocycles. The lowest BCUT2D eigenvalue weighted by atomic mass is 9.96. The highest BCUT2D eigenvalue weighted by Crippen LogP contribution is 2.30. The molecule has 0 radical (unpaired) electrons. The zero-order valence-corrected chi connectivity index (χ0v) is 10.4. The summed E-state index contributed by atoms with van der Waals surface area (Å²) in [5.41, 5.74) is -1.11. The van der Waals surface area contributed by atoms with E-state index in [1.807, 2.05) is 0 Å². The molecule has 1 unspecified atom stereocenters. The smallest absolute Gasteiger partial charge is 0.329 e. The highest BCUT2D eigenvalue weighted by atomic mass is 16.4. The Balaban J connectivity index is 2.02. The second kappa shape index (κ2) is 4.59. The standard InChI is InChI=1S/C12H18N2O4/c1-14-7-8(6-9(14)15)10(16)13-12(11(17)18)4-2-3-5-12/h8H,2-7H2,1H3,(H,13,16)(H,17,18). The van der Waals surface area contributed by atoms with Crippen molar-refractivity contribution in [3.8, 4) is 0 Å². The second-order valence-corrected chi connectivity index (χ2v) is 5.26. The van der Waals surface area contributed by atoms with Crippen LogP contribution in [0.1, 0.15) is 32.1 Å². The number of nitrogens with zero attached hydrogens (tertiary/aromatic N) is 1. The van der Waals surface area contributed by atoms with Crippen molar-refractivity contribution in [1.29, 1.82) is 0 Å². The molecule has 1 aliphatic heterocycles. The van der Waals surface area contributed by atoms with Gasteiger partial charge in [-0.15, -0.1) is 0 Å². The van der Waals surface area contributed by atoms with E-state index in [0.717, 1.165) is 12.8 Å². The third-order valence-corrected chi connectivity index (χ3v) is 3.94. The quantitative estimate of drug-likeness (QED) is 0.741. The highest BCUT2D eigenvalue weighted by Gasteiger charge is 2.44. The van der Waals surface area contributed by atoms with Gasteiger partial charge in [0.05, 0.1) is 5.92 Å². The Hall–Kier alpha value is -1.59. The average molecular weight is 254 g/mol. The van der Waals surface area contributed by atoms with Crippen molar-refractivity contribution in [2.45, 2.75) is 37.6 Å². The number of hydrogen-bond acceptors (Lipinski definition) is 3. The van der Waals surface area contributed by atoms with Crippen LogP contribution in [0.3, 0.4) is 0 Å². The third kappa shape index (κ3) is 2.19. The first kappa shape index (κ1) is 12.9. The van der Waals surface area contributed by atoms with Gasteiger partial charge < -0.3 is 15.3 Å². The monoisotopic (exact) mass is 254 g/mol. The number of nitrogens with one attached hydrogen (secondary N) is 1. The molecule has 2 aliphatic rings. The molecule has 100 valence electrons. The molecule has 0 aromatic carbocycles. The molecule has 1 aliphatic carbocycles. The topological polar surface area (TPSA) is 86.7 Å². The molecule has 18 heavy (non-hydrogen) atoms. The summed E-state index contributed by atoms with van der Waals surface area (Å²) in [6.07, 6.45) is 2.76. The summed E-state index contributed by atoms with van der Waals surface area (Å²) in [7, 11) is 1.65. The summed E-state index contributed by atoms with van der Waals surface area (Å²) >= 11 is 0. The number of carbonyl (C=O) groups excluding carboxylic acids is 2. The molecule has 1 atom stereocenters. The van der Waals surface area contributed by atoms with E-state index in [-0.39, 0.29) is 18.2 Å².